The van der Waals surface area contributed by atoms with Gasteiger partial charge in [0.1, 0.15) is 11.6 Å². The van der Waals surface area contributed by atoms with E-state index in [-0.39, 0.29) is 46.7 Å². The molecule has 0 aromatic heterocycles. The molecule has 0 saturated carbocycles. The van der Waals surface area contributed by atoms with Crippen LogP contribution in [0.5, 0.6) is 5.75 Å². The van der Waals surface area contributed by atoms with Gasteiger partial charge in [-0.3, -0.25) is 4.79 Å². The fourth-order valence-corrected chi connectivity index (χ4v) is 5.38. The van der Waals surface area contributed by atoms with Crippen LogP contribution in [0.2, 0.25) is 5.02 Å². The van der Waals surface area contributed by atoms with Crippen molar-refractivity contribution in [3.63, 3.8) is 0 Å². The van der Waals surface area contributed by atoms with Crippen LogP contribution in [0.15, 0.2) is 47.4 Å². The van der Waals surface area contributed by atoms with Crippen LogP contribution in [0.3, 0.4) is 0 Å². The van der Waals surface area contributed by atoms with Crippen LogP contribution < -0.4 is 10.1 Å². The van der Waals surface area contributed by atoms with Crippen molar-refractivity contribution in [3.05, 3.63) is 58.9 Å². The molecule has 1 heterocycles. The summed E-state index contributed by atoms with van der Waals surface area (Å²) < 4.78 is 45.8. The van der Waals surface area contributed by atoms with Gasteiger partial charge < -0.3 is 10.1 Å². The van der Waals surface area contributed by atoms with Gasteiger partial charge in [0.05, 0.1) is 22.6 Å². The number of carbonyl (C=O) groups excluding carboxylic acids is 1. The molecule has 31 heavy (non-hydrogen) atoms. The van der Waals surface area contributed by atoms with Crippen LogP contribution >= 0.6 is 11.6 Å². The SMILES string of the molecule is CCOc1ccc(S(=O)(=O)N2CCC(C(=O)NC(C)c3ccc(F)cc3)CC2)cc1Cl. The molecule has 1 saturated heterocycles. The Labute approximate surface area is 187 Å². The number of hydrogen-bond donors (Lipinski definition) is 1. The molecule has 0 aliphatic carbocycles. The molecule has 1 atom stereocenters. The van der Waals surface area contributed by atoms with Crippen molar-refractivity contribution < 1.29 is 22.3 Å². The minimum absolute atomic E-state index is 0.105. The number of hydrogen-bond acceptors (Lipinski definition) is 4. The molecule has 1 aliphatic heterocycles. The number of nitrogens with zero attached hydrogens (tertiary/aromatic N) is 1. The molecule has 0 spiro atoms. The molecule has 1 aliphatic rings. The van der Waals surface area contributed by atoms with E-state index in [4.69, 9.17) is 16.3 Å². The maximum atomic E-state index is 13.1. The summed E-state index contributed by atoms with van der Waals surface area (Å²) in [6.07, 6.45) is 0.845. The first kappa shape index (κ1) is 23.5. The third-order valence-corrected chi connectivity index (χ3v) is 7.58. The number of sulfonamides is 1. The summed E-state index contributed by atoms with van der Waals surface area (Å²) in [5.74, 6) is -0.297. The minimum atomic E-state index is -3.71. The Morgan fingerprint density at radius 1 is 1.23 bits per heavy atom. The largest absolute Gasteiger partial charge is 0.492 e. The van der Waals surface area contributed by atoms with Crippen molar-refractivity contribution in [2.75, 3.05) is 19.7 Å². The van der Waals surface area contributed by atoms with E-state index in [1.807, 2.05) is 13.8 Å². The number of amides is 1. The Hall–Kier alpha value is -2.16. The van der Waals surface area contributed by atoms with Crippen molar-refractivity contribution in [3.8, 4) is 5.75 Å². The highest BCUT2D eigenvalue weighted by molar-refractivity contribution is 7.89. The zero-order valence-electron chi connectivity index (χ0n) is 17.5. The maximum Gasteiger partial charge on any atom is 0.243 e. The molecular formula is C22H26ClFN2O4S. The lowest BCUT2D eigenvalue weighted by Gasteiger charge is -2.31. The van der Waals surface area contributed by atoms with Gasteiger partial charge in [-0.05, 0) is 62.6 Å². The second-order valence-electron chi connectivity index (χ2n) is 7.49. The van der Waals surface area contributed by atoms with Gasteiger partial charge in [0.15, 0.2) is 0 Å². The van der Waals surface area contributed by atoms with Gasteiger partial charge in [-0.2, -0.15) is 4.31 Å². The van der Waals surface area contributed by atoms with Gasteiger partial charge in [-0.15, -0.1) is 0 Å². The fourth-order valence-electron chi connectivity index (χ4n) is 3.59. The van der Waals surface area contributed by atoms with Crippen molar-refractivity contribution in [2.24, 2.45) is 5.92 Å². The topological polar surface area (TPSA) is 75.7 Å². The third kappa shape index (κ3) is 5.56. The summed E-state index contributed by atoms with van der Waals surface area (Å²) in [6.45, 7) is 4.58. The van der Waals surface area contributed by atoms with Crippen molar-refractivity contribution in [1.29, 1.82) is 0 Å². The number of piperidine rings is 1. The number of nitrogens with one attached hydrogen (secondary N) is 1. The van der Waals surface area contributed by atoms with Gasteiger partial charge in [0.25, 0.3) is 0 Å². The Morgan fingerprint density at radius 3 is 2.45 bits per heavy atom. The zero-order valence-corrected chi connectivity index (χ0v) is 19.0. The van der Waals surface area contributed by atoms with Crippen LogP contribution in [0.4, 0.5) is 4.39 Å². The first-order valence-electron chi connectivity index (χ1n) is 10.2. The van der Waals surface area contributed by atoms with E-state index in [1.54, 1.807) is 18.2 Å². The highest BCUT2D eigenvalue weighted by Gasteiger charge is 2.32. The fraction of sp³-hybridized carbons (Fsp3) is 0.409. The smallest absolute Gasteiger partial charge is 0.243 e. The number of carbonyl (C=O) groups is 1. The van der Waals surface area contributed by atoms with Crippen LogP contribution in [0, 0.1) is 11.7 Å². The van der Waals surface area contributed by atoms with E-state index < -0.39 is 10.0 Å². The molecule has 2 aromatic carbocycles. The molecule has 1 fully saturated rings. The summed E-state index contributed by atoms with van der Waals surface area (Å²) >= 11 is 6.14. The first-order chi connectivity index (χ1) is 14.7. The van der Waals surface area contributed by atoms with Gasteiger partial charge in [-0.1, -0.05) is 23.7 Å². The third-order valence-electron chi connectivity index (χ3n) is 5.39. The van der Waals surface area contributed by atoms with Crippen molar-refractivity contribution in [2.45, 2.75) is 37.6 Å². The number of benzene rings is 2. The lowest BCUT2D eigenvalue weighted by Crippen LogP contribution is -2.43. The molecule has 6 nitrogen and oxygen atoms in total. The number of ether oxygens (including phenoxy) is 1. The van der Waals surface area contributed by atoms with Gasteiger partial charge in [0, 0.05) is 19.0 Å². The highest BCUT2D eigenvalue weighted by atomic mass is 35.5. The Balaban J connectivity index is 1.59. The molecule has 2 aromatic rings. The van der Waals surface area contributed by atoms with E-state index >= 15 is 0 Å². The standard InChI is InChI=1S/C22H26ClFN2O4S/c1-3-30-21-9-8-19(14-20(21)23)31(28,29)26-12-10-17(11-13-26)22(27)25-15(2)16-4-6-18(24)7-5-16/h4-9,14-15,17H,3,10-13H2,1-2H3,(H,25,27). The van der Waals surface area contributed by atoms with E-state index in [9.17, 15) is 17.6 Å². The maximum absolute atomic E-state index is 13.1. The second-order valence-corrected chi connectivity index (χ2v) is 9.83. The normalized spacial score (nSPS) is 16.6. The molecule has 168 valence electrons. The molecule has 1 N–H and O–H groups in total. The van der Waals surface area contributed by atoms with Crippen LogP contribution in [0.25, 0.3) is 0 Å². The zero-order chi connectivity index (χ0) is 22.6. The van der Waals surface area contributed by atoms with Gasteiger partial charge in [-0.25, -0.2) is 12.8 Å². The Kier molecular flexibility index (Phi) is 7.56. The first-order valence-corrected chi connectivity index (χ1v) is 12.0. The lowest BCUT2D eigenvalue weighted by molar-refractivity contribution is -0.126. The lowest BCUT2D eigenvalue weighted by atomic mass is 9.96. The van der Waals surface area contributed by atoms with Crippen molar-refractivity contribution >= 4 is 27.5 Å². The average molecular weight is 469 g/mol. The van der Waals surface area contributed by atoms with E-state index in [2.05, 4.69) is 5.32 Å². The Morgan fingerprint density at radius 2 is 1.87 bits per heavy atom. The molecule has 0 bridgehead atoms. The predicted molar refractivity (Wildman–Crippen MR) is 117 cm³/mol. The second kappa shape index (κ2) is 9.97. The quantitative estimate of drug-likeness (QED) is 0.662. The monoisotopic (exact) mass is 468 g/mol. The summed E-state index contributed by atoms with van der Waals surface area (Å²) in [7, 11) is -3.71. The van der Waals surface area contributed by atoms with E-state index in [0.29, 0.717) is 25.2 Å². The summed E-state index contributed by atoms with van der Waals surface area (Å²) in [4.78, 5) is 12.7. The van der Waals surface area contributed by atoms with Crippen LogP contribution in [-0.4, -0.2) is 38.3 Å². The average Bonchev–Trinajstić information content (AvgIpc) is 2.75. The van der Waals surface area contributed by atoms with Crippen LogP contribution in [0.1, 0.15) is 38.3 Å². The van der Waals surface area contributed by atoms with Gasteiger partial charge >= 0.3 is 0 Å². The van der Waals surface area contributed by atoms with E-state index in [0.717, 1.165) is 5.56 Å². The summed E-state index contributed by atoms with van der Waals surface area (Å²) in [6, 6.07) is 10.1. The van der Waals surface area contributed by atoms with Gasteiger partial charge in [0.2, 0.25) is 15.9 Å². The molecule has 0 radical (unpaired) electrons. The molecule has 1 amide bonds. The minimum Gasteiger partial charge on any atom is -0.492 e. The molecular weight excluding hydrogens is 443 g/mol. The predicted octanol–water partition coefficient (Wildman–Crippen LogP) is 4.16. The summed E-state index contributed by atoms with van der Waals surface area (Å²) in [5, 5.41) is 3.18. The number of rotatable bonds is 7. The van der Waals surface area contributed by atoms with E-state index in [1.165, 1.54) is 28.6 Å². The highest BCUT2D eigenvalue weighted by Crippen LogP contribution is 2.30. The molecule has 1 unspecified atom stereocenters. The Bertz CT molecular complexity index is 1020. The number of halogens is 2. The van der Waals surface area contributed by atoms with Crippen molar-refractivity contribution in [1.82, 2.24) is 9.62 Å². The summed E-state index contributed by atoms with van der Waals surface area (Å²) in [5.41, 5.74) is 0.808. The molecule has 9 heteroatoms. The van der Waals surface area contributed by atoms with Crippen LogP contribution in [-0.2, 0) is 14.8 Å². The molecule has 3 rings (SSSR count).